The lowest BCUT2D eigenvalue weighted by molar-refractivity contribution is -0.153. The molecule has 2 unspecified atom stereocenters. The van der Waals surface area contributed by atoms with Gasteiger partial charge in [-0.1, -0.05) is 0 Å². The highest BCUT2D eigenvalue weighted by Crippen LogP contribution is 2.48. The number of carbonyl (C=O) groups is 4. The van der Waals surface area contributed by atoms with Gasteiger partial charge in [0.1, 0.15) is 23.7 Å². The Morgan fingerprint density at radius 1 is 0.692 bits per heavy atom. The summed E-state index contributed by atoms with van der Waals surface area (Å²) < 4.78 is 21.1. The Morgan fingerprint density at radius 2 is 1.04 bits per heavy atom. The monoisotopic (exact) mass is 364 g/mol. The Hall–Kier alpha value is -2.90. The number of carbonyl (C=O) groups excluding carboxylic acids is 4. The molecule has 0 radical (unpaired) electrons. The first-order valence-electron chi connectivity index (χ1n) is 8.07. The zero-order valence-corrected chi connectivity index (χ0v) is 15.0. The van der Waals surface area contributed by atoms with Crippen LogP contribution in [0.25, 0.3) is 0 Å². The zero-order chi connectivity index (χ0) is 19.4. The summed E-state index contributed by atoms with van der Waals surface area (Å²) in [5.41, 5.74) is 0.707. The maximum absolute atomic E-state index is 11.5. The van der Waals surface area contributed by atoms with Crippen LogP contribution >= 0.6 is 0 Å². The predicted molar refractivity (Wildman–Crippen MR) is 87.3 cm³/mol. The van der Waals surface area contributed by atoms with E-state index in [1.807, 2.05) is 0 Å². The SMILES string of the molecule is CC(=O)Oc1ccc(OC(C)=O)c2c1C(OC(C)=O)CCC2OC(C)=O. The van der Waals surface area contributed by atoms with Gasteiger partial charge in [-0.3, -0.25) is 19.2 Å². The van der Waals surface area contributed by atoms with Gasteiger partial charge in [-0.2, -0.15) is 0 Å². The molecule has 1 aromatic carbocycles. The molecule has 0 heterocycles. The summed E-state index contributed by atoms with van der Waals surface area (Å²) in [6.45, 7) is 5.00. The minimum absolute atomic E-state index is 0.159. The van der Waals surface area contributed by atoms with Crippen LogP contribution in [0.1, 0.15) is 63.9 Å². The Morgan fingerprint density at radius 3 is 1.31 bits per heavy atom. The molecular formula is C18H20O8. The molecule has 8 nitrogen and oxygen atoms in total. The fourth-order valence-corrected chi connectivity index (χ4v) is 2.98. The third-order valence-electron chi connectivity index (χ3n) is 3.67. The van der Waals surface area contributed by atoms with Crippen LogP contribution in [0.5, 0.6) is 11.5 Å². The largest absolute Gasteiger partial charge is 0.458 e. The van der Waals surface area contributed by atoms with Crippen molar-refractivity contribution in [1.29, 1.82) is 0 Å². The lowest BCUT2D eigenvalue weighted by Crippen LogP contribution is -2.24. The van der Waals surface area contributed by atoms with Crippen LogP contribution in [0.15, 0.2) is 12.1 Å². The van der Waals surface area contributed by atoms with Crippen LogP contribution in [-0.4, -0.2) is 23.9 Å². The van der Waals surface area contributed by atoms with Gasteiger partial charge in [0.15, 0.2) is 0 Å². The average molecular weight is 364 g/mol. The molecule has 2 rings (SSSR count). The van der Waals surface area contributed by atoms with E-state index < -0.39 is 36.1 Å². The van der Waals surface area contributed by atoms with Crippen molar-refractivity contribution in [3.05, 3.63) is 23.3 Å². The highest BCUT2D eigenvalue weighted by molar-refractivity contribution is 5.74. The Labute approximate surface area is 150 Å². The molecule has 26 heavy (non-hydrogen) atoms. The van der Waals surface area contributed by atoms with E-state index >= 15 is 0 Å². The van der Waals surface area contributed by atoms with E-state index in [9.17, 15) is 19.2 Å². The van der Waals surface area contributed by atoms with Gasteiger partial charge in [0, 0.05) is 38.8 Å². The molecule has 1 aliphatic carbocycles. The van der Waals surface area contributed by atoms with Gasteiger partial charge in [0.05, 0.1) is 0 Å². The third kappa shape index (κ3) is 4.59. The van der Waals surface area contributed by atoms with Gasteiger partial charge in [-0.25, -0.2) is 0 Å². The molecule has 0 bridgehead atoms. The van der Waals surface area contributed by atoms with Crippen LogP contribution < -0.4 is 9.47 Å². The van der Waals surface area contributed by atoms with E-state index in [0.717, 1.165) is 0 Å². The Bertz CT molecular complexity index is 689. The fourth-order valence-electron chi connectivity index (χ4n) is 2.98. The third-order valence-corrected chi connectivity index (χ3v) is 3.67. The van der Waals surface area contributed by atoms with E-state index in [2.05, 4.69) is 0 Å². The molecule has 0 aliphatic heterocycles. The van der Waals surface area contributed by atoms with Crippen molar-refractivity contribution in [3.8, 4) is 11.5 Å². The van der Waals surface area contributed by atoms with E-state index in [-0.39, 0.29) is 11.5 Å². The van der Waals surface area contributed by atoms with Crippen molar-refractivity contribution in [2.24, 2.45) is 0 Å². The Kier molecular flexibility index (Phi) is 5.97. The summed E-state index contributed by atoms with van der Waals surface area (Å²) >= 11 is 0. The number of esters is 4. The molecule has 0 N–H and O–H groups in total. The molecule has 140 valence electrons. The van der Waals surface area contributed by atoms with Crippen LogP contribution in [-0.2, 0) is 28.7 Å². The number of fused-ring (bicyclic) bond motifs is 1. The number of hydrogen-bond acceptors (Lipinski definition) is 8. The highest BCUT2D eigenvalue weighted by Gasteiger charge is 2.37. The molecule has 8 heteroatoms. The average Bonchev–Trinajstić information content (AvgIpc) is 2.49. The standard InChI is InChI=1S/C18H20O8/c1-9(19)23-13-5-6-15(25-11(3)21)18-16(26-12(4)22)8-7-14(17(13)18)24-10(2)20/h5-6,14,16H,7-8H2,1-4H3. The molecule has 0 saturated carbocycles. The smallest absolute Gasteiger partial charge is 0.308 e. The number of hydrogen-bond donors (Lipinski definition) is 0. The Balaban J connectivity index is 2.65. The lowest BCUT2D eigenvalue weighted by atomic mass is 9.85. The zero-order valence-electron chi connectivity index (χ0n) is 15.0. The first-order valence-corrected chi connectivity index (χ1v) is 8.07. The second-order valence-corrected chi connectivity index (χ2v) is 5.85. The molecule has 0 aromatic heterocycles. The van der Waals surface area contributed by atoms with E-state index in [0.29, 0.717) is 24.0 Å². The van der Waals surface area contributed by atoms with Crippen molar-refractivity contribution in [2.45, 2.75) is 52.7 Å². The van der Waals surface area contributed by atoms with E-state index in [1.165, 1.54) is 39.8 Å². The summed E-state index contributed by atoms with van der Waals surface area (Å²) in [7, 11) is 0. The first-order chi connectivity index (χ1) is 12.2. The normalized spacial score (nSPS) is 18.3. The summed E-state index contributed by atoms with van der Waals surface area (Å²) in [5.74, 6) is -1.85. The van der Waals surface area contributed by atoms with Crippen molar-refractivity contribution < 1.29 is 38.1 Å². The van der Waals surface area contributed by atoms with E-state index in [4.69, 9.17) is 18.9 Å². The molecule has 0 fully saturated rings. The van der Waals surface area contributed by atoms with Gasteiger partial charge in [-0.15, -0.1) is 0 Å². The number of rotatable bonds is 4. The number of ether oxygens (including phenoxy) is 4. The highest BCUT2D eigenvalue weighted by atomic mass is 16.6. The molecule has 0 spiro atoms. The molecule has 0 saturated heterocycles. The molecule has 2 atom stereocenters. The summed E-state index contributed by atoms with van der Waals surface area (Å²) in [5, 5.41) is 0. The van der Waals surface area contributed by atoms with Crippen LogP contribution in [0.2, 0.25) is 0 Å². The molecule has 0 amide bonds. The molecular weight excluding hydrogens is 344 g/mol. The quantitative estimate of drug-likeness (QED) is 0.593. The topological polar surface area (TPSA) is 105 Å². The van der Waals surface area contributed by atoms with Gasteiger partial charge < -0.3 is 18.9 Å². The van der Waals surface area contributed by atoms with Crippen molar-refractivity contribution >= 4 is 23.9 Å². The summed E-state index contributed by atoms with van der Waals surface area (Å²) in [4.78, 5) is 45.9. The van der Waals surface area contributed by atoms with Crippen molar-refractivity contribution in [3.63, 3.8) is 0 Å². The van der Waals surface area contributed by atoms with Gasteiger partial charge in [0.2, 0.25) is 0 Å². The maximum atomic E-state index is 11.5. The predicted octanol–water partition coefficient (Wildman–Crippen LogP) is 2.54. The summed E-state index contributed by atoms with van der Waals surface area (Å²) in [6.07, 6.45) is -0.747. The van der Waals surface area contributed by atoms with Crippen LogP contribution in [0.3, 0.4) is 0 Å². The minimum Gasteiger partial charge on any atom is -0.458 e. The first kappa shape index (κ1) is 19.4. The maximum Gasteiger partial charge on any atom is 0.308 e. The second kappa shape index (κ2) is 7.99. The number of benzene rings is 1. The van der Waals surface area contributed by atoms with Crippen LogP contribution in [0.4, 0.5) is 0 Å². The molecule has 1 aliphatic rings. The second-order valence-electron chi connectivity index (χ2n) is 5.85. The lowest BCUT2D eigenvalue weighted by Gasteiger charge is -2.32. The van der Waals surface area contributed by atoms with Crippen molar-refractivity contribution in [2.75, 3.05) is 0 Å². The molecule has 1 aromatic rings. The van der Waals surface area contributed by atoms with Crippen LogP contribution in [0, 0.1) is 0 Å². The van der Waals surface area contributed by atoms with E-state index in [1.54, 1.807) is 0 Å². The summed E-state index contributed by atoms with van der Waals surface area (Å²) in [6, 6.07) is 2.90. The van der Waals surface area contributed by atoms with Crippen molar-refractivity contribution in [1.82, 2.24) is 0 Å². The minimum atomic E-state index is -0.723. The van der Waals surface area contributed by atoms with Gasteiger partial charge in [-0.05, 0) is 25.0 Å². The van der Waals surface area contributed by atoms with Gasteiger partial charge >= 0.3 is 23.9 Å². The van der Waals surface area contributed by atoms with Gasteiger partial charge in [0.25, 0.3) is 0 Å². The fraction of sp³-hybridized carbons (Fsp3) is 0.444.